The van der Waals surface area contributed by atoms with E-state index in [2.05, 4.69) is 133 Å². The molecule has 0 saturated carbocycles. The number of nitrogens with zero attached hydrogens (tertiary/aromatic N) is 2. The summed E-state index contributed by atoms with van der Waals surface area (Å²) in [6.45, 7) is 14.7. The molecule has 0 aromatic heterocycles. The van der Waals surface area contributed by atoms with Crippen LogP contribution in [0.5, 0.6) is 11.5 Å². The number of rotatable bonds is 7. The second kappa shape index (κ2) is 16.6. The van der Waals surface area contributed by atoms with Crippen molar-refractivity contribution in [2.24, 2.45) is 0 Å². The van der Waals surface area contributed by atoms with Crippen molar-refractivity contribution in [3.63, 3.8) is 0 Å². The molecule has 8 rings (SSSR count). The zero-order valence-corrected chi connectivity index (χ0v) is 33.8. The van der Waals surface area contributed by atoms with Crippen molar-refractivity contribution >= 4 is 47.2 Å². The van der Waals surface area contributed by atoms with Gasteiger partial charge in [0, 0.05) is 35.6 Å². The number of anilines is 2. The second-order valence-electron chi connectivity index (χ2n) is 14.0. The van der Waals surface area contributed by atoms with E-state index >= 15 is 0 Å². The molecule has 1 N–H and O–H groups in total. The van der Waals surface area contributed by atoms with Gasteiger partial charge in [-0.05, 0) is 65.6 Å². The van der Waals surface area contributed by atoms with Crippen molar-refractivity contribution < 1.29 is 25.5 Å². The van der Waals surface area contributed by atoms with Crippen LogP contribution in [0.2, 0.25) is 0 Å². The third-order valence-electron chi connectivity index (χ3n) is 9.79. The summed E-state index contributed by atoms with van der Waals surface area (Å²) in [5.74, 6) is 1.24. The summed E-state index contributed by atoms with van der Waals surface area (Å²) in [5.41, 5.74) is 11.6. The maximum absolute atomic E-state index is 11.2. The van der Waals surface area contributed by atoms with Gasteiger partial charge in [-0.25, -0.2) is 0 Å². The van der Waals surface area contributed by atoms with E-state index in [0.29, 0.717) is 5.75 Å². The van der Waals surface area contributed by atoms with Gasteiger partial charge >= 0.3 is 126 Å². The van der Waals surface area contributed by atoms with Gasteiger partial charge in [0.1, 0.15) is 5.75 Å². The van der Waals surface area contributed by atoms with E-state index in [1.807, 2.05) is 56.3 Å². The smallest absolute Gasteiger partial charge is 0.124 e. The Bertz CT molecular complexity index is 2440. The molecule has 1 fully saturated rings. The standard InChI is InChI=1S/C32H29N2O.C16H16O.ClH.Ru/c1-21-18-22(2)32(23(3)19-21)34-17-16-33(20-34)28-14-12-24-8-4-6-10-26(24)30(28)31-27-11-7-5-9-25(27)13-15-29(31)35;1-12(2)17-16-13(3)8-7-11-15(16)14-9-5-4-6-10-14;;/h4-15,18-20,35H,16-17H2,1-3H3;3-12H,1-2H3;1H;/q-1;;;+1/p-1. The van der Waals surface area contributed by atoms with Crippen LogP contribution in [0.15, 0.2) is 133 Å². The maximum atomic E-state index is 11.2. The van der Waals surface area contributed by atoms with Crippen LogP contribution in [0, 0.1) is 27.4 Å². The molecule has 1 aliphatic rings. The zero-order valence-electron chi connectivity index (χ0n) is 31.3. The summed E-state index contributed by atoms with van der Waals surface area (Å²) >= 11 is -0.264. The van der Waals surface area contributed by atoms with Crippen LogP contribution < -0.4 is 14.5 Å². The predicted molar refractivity (Wildman–Crippen MR) is 227 cm³/mol. The number of phenols is 1. The van der Waals surface area contributed by atoms with E-state index in [9.17, 15) is 5.11 Å². The number of para-hydroxylation sites is 1. The Morgan fingerprint density at radius 1 is 0.704 bits per heavy atom. The normalized spacial score (nSPS) is 13.0. The van der Waals surface area contributed by atoms with Crippen molar-refractivity contribution in [1.29, 1.82) is 0 Å². The SMILES string of the molecule is CC(C)Oc1c([CH]=[Ru][Cl])cccc1-c1ccccc1.Cc1cc(C)c(N2[CH-]N(c3ccc4ccccc4c3-c3c(O)ccc4ccccc34)CC2)c(C)c1. The maximum Gasteiger partial charge on any atom is 0.124 e. The van der Waals surface area contributed by atoms with Crippen molar-refractivity contribution in [2.75, 3.05) is 22.9 Å². The van der Waals surface area contributed by atoms with Gasteiger partial charge in [-0.1, -0.05) is 78.4 Å². The first-order valence-corrected chi connectivity index (χ1v) is 21.6. The minimum Gasteiger partial charge on any atom is -0.507 e. The van der Waals surface area contributed by atoms with Gasteiger partial charge in [-0.2, -0.15) is 6.67 Å². The van der Waals surface area contributed by atoms with E-state index in [-0.39, 0.29) is 21.8 Å². The molecule has 0 atom stereocenters. The van der Waals surface area contributed by atoms with Crippen LogP contribution in [-0.2, 0) is 15.7 Å². The van der Waals surface area contributed by atoms with E-state index in [4.69, 9.17) is 14.4 Å². The largest absolute Gasteiger partial charge is 0.507 e. The Morgan fingerprint density at radius 2 is 1.31 bits per heavy atom. The van der Waals surface area contributed by atoms with Crippen LogP contribution in [-0.4, -0.2) is 28.9 Å². The molecule has 54 heavy (non-hydrogen) atoms. The second-order valence-corrected chi connectivity index (χ2v) is 15.8. The van der Waals surface area contributed by atoms with Crippen molar-refractivity contribution in [3.8, 4) is 33.8 Å². The summed E-state index contributed by atoms with van der Waals surface area (Å²) in [7, 11) is 5.92. The fourth-order valence-electron chi connectivity index (χ4n) is 7.65. The quantitative estimate of drug-likeness (QED) is 0.128. The third kappa shape index (κ3) is 7.80. The Hall–Kier alpha value is -4.96. The molecule has 0 aliphatic carbocycles. The van der Waals surface area contributed by atoms with Crippen LogP contribution in [0.1, 0.15) is 36.1 Å². The van der Waals surface area contributed by atoms with Crippen LogP contribution >= 0.6 is 9.69 Å². The van der Waals surface area contributed by atoms with Crippen molar-refractivity contribution in [2.45, 2.75) is 40.7 Å². The van der Waals surface area contributed by atoms with E-state index in [1.165, 1.54) is 33.3 Å². The van der Waals surface area contributed by atoms with Crippen molar-refractivity contribution in [3.05, 3.63) is 162 Å². The fraction of sp³-hybridized carbons (Fsp3) is 0.167. The molecule has 275 valence electrons. The van der Waals surface area contributed by atoms with Gasteiger partial charge in [-0.15, -0.1) is 0 Å². The number of halogens is 1. The molecule has 0 radical (unpaired) electrons. The Labute approximate surface area is 330 Å². The first kappa shape index (κ1) is 37.4. The van der Waals surface area contributed by atoms with E-state index in [0.717, 1.165) is 62.9 Å². The van der Waals surface area contributed by atoms with Gasteiger partial charge in [0.05, 0.1) is 0 Å². The zero-order chi connectivity index (χ0) is 37.8. The molecule has 4 nitrogen and oxygen atoms in total. The first-order chi connectivity index (χ1) is 26.2. The number of benzene rings is 7. The van der Waals surface area contributed by atoms with Gasteiger partial charge in [-0.3, -0.25) is 0 Å². The number of aromatic hydroxyl groups is 1. The summed E-state index contributed by atoms with van der Waals surface area (Å²) in [5, 5.41) is 15.7. The van der Waals surface area contributed by atoms with Gasteiger partial charge < -0.3 is 14.9 Å². The van der Waals surface area contributed by atoms with E-state index in [1.54, 1.807) is 0 Å². The van der Waals surface area contributed by atoms with Gasteiger partial charge in [0.25, 0.3) is 0 Å². The number of hydrogen-bond donors (Lipinski definition) is 1. The topological polar surface area (TPSA) is 35.9 Å². The number of ether oxygens (including phenoxy) is 1. The van der Waals surface area contributed by atoms with Gasteiger partial charge in [0.2, 0.25) is 0 Å². The number of aryl methyl sites for hydroxylation is 3. The molecule has 0 spiro atoms. The number of fused-ring (bicyclic) bond motifs is 2. The minimum atomic E-state index is -0.264. The van der Waals surface area contributed by atoms with E-state index < -0.39 is 0 Å². The molecule has 0 bridgehead atoms. The Kier molecular flexibility index (Phi) is 11.5. The van der Waals surface area contributed by atoms with Crippen molar-refractivity contribution in [1.82, 2.24) is 0 Å². The summed E-state index contributed by atoms with van der Waals surface area (Å²) in [6, 6.07) is 46.0. The van der Waals surface area contributed by atoms with Crippen LogP contribution in [0.25, 0.3) is 43.8 Å². The molecular weight excluding hydrogens is 773 g/mol. The average molecular weight is 818 g/mol. The summed E-state index contributed by atoms with van der Waals surface area (Å²) in [4.78, 5) is 4.70. The molecule has 1 heterocycles. The molecule has 0 unspecified atom stereocenters. The monoisotopic (exact) mass is 818 g/mol. The Morgan fingerprint density at radius 3 is 1.98 bits per heavy atom. The first-order valence-electron chi connectivity index (χ1n) is 18.3. The molecule has 7 aromatic rings. The predicted octanol–water partition coefficient (Wildman–Crippen LogP) is 12.3. The third-order valence-corrected chi connectivity index (χ3v) is 11.0. The molecule has 1 aliphatic heterocycles. The molecule has 1 saturated heterocycles. The summed E-state index contributed by atoms with van der Waals surface area (Å²) < 4.78 is 8.08. The summed E-state index contributed by atoms with van der Waals surface area (Å²) in [6.07, 6.45) is 0.142. The van der Waals surface area contributed by atoms with Gasteiger partial charge in [0.15, 0.2) is 0 Å². The van der Waals surface area contributed by atoms with Crippen LogP contribution in [0.4, 0.5) is 11.4 Å². The number of hydrogen-bond acceptors (Lipinski definition) is 4. The number of phenolic OH excluding ortho intramolecular Hbond substituents is 1. The minimum absolute atomic E-state index is 0.142. The molecule has 7 aromatic carbocycles. The fourth-order valence-corrected chi connectivity index (χ4v) is 8.74. The van der Waals surface area contributed by atoms with Crippen LogP contribution in [0.3, 0.4) is 0 Å². The molecule has 6 heteroatoms. The Balaban J connectivity index is 0.000000201. The molecular formula is C48H45ClN2O2Ru-. The molecule has 0 amide bonds. The average Bonchev–Trinajstić information content (AvgIpc) is 3.65.